The summed E-state index contributed by atoms with van der Waals surface area (Å²) in [5.41, 5.74) is 4.53. The lowest BCUT2D eigenvalue weighted by atomic mass is 9.87. The SMILES string of the molecule is CCOc1ccc(-n2c(SCc3ccc(C(C)(C)C)cc3)nnc2-c2ccccc2Cl)cc1. The van der Waals surface area contributed by atoms with Crippen LogP contribution in [-0.4, -0.2) is 21.4 Å². The minimum absolute atomic E-state index is 0.142. The van der Waals surface area contributed by atoms with E-state index in [9.17, 15) is 0 Å². The summed E-state index contributed by atoms with van der Waals surface area (Å²) in [5, 5.41) is 10.5. The lowest BCUT2D eigenvalue weighted by Gasteiger charge is -2.19. The second-order valence-electron chi connectivity index (χ2n) is 8.78. The van der Waals surface area contributed by atoms with Crippen molar-refractivity contribution in [3.63, 3.8) is 0 Å². The zero-order chi connectivity index (χ0) is 23.4. The fraction of sp³-hybridized carbons (Fsp3) is 0.259. The number of ether oxygens (including phenoxy) is 1. The van der Waals surface area contributed by atoms with Gasteiger partial charge in [-0.2, -0.15) is 0 Å². The second kappa shape index (κ2) is 10.0. The van der Waals surface area contributed by atoms with Gasteiger partial charge in [0.25, 0.3) is 0 Å². The van der Waals surface area contributed by atoms with Crippen molar-refractivity contribution in [3.8, 4) is 22.8 Å². The molecular weight excluding hydrogens is 450 g/mol. The predicted octanol–water partition coefficient (Wildman–Crippen LogP) is 7.58. The van der Waals surface area contributed by atoms with E-state index in [0.717, 1.165) is 33.7 Å². The smallest absolute Gasteiger partial charge is 0.196 e. The van der Waals surface area contributed by atoms with E-state index in [1.165, 1.54) is 11.1 Å². The summed E-state index contributed by atoms with van der Waals surface area (Å²) >= 11 is 8.17. The van der Waals surface area contributed by atoms with Crippen molar-refractivity contribution in [2.45, 2.75) is 44.0 Å². The summed E-state index contributed by atoms with van der Waals surface area (Å²) < 4.78 is 7.68. The Labute approximate surface area is 205 Å². The number of nitrogens with zero attached hydrogens (tertiary/aromatic N) is 3. The summed E-state index contributed by atoms with van der Waals surface area (Å²) in [4.78, 5) is 0. The maximum absolute atomic E-state index is 6.51. The highest BCUT2D eigenvalue weighted by atomic mass is 35.5. The molecule has 0 aliphatic heterocycles. The number of hydrogen-bond donors (Lipinski definition) is 0. The molecule has 0 saturated heterocycles. The molecule has 6 heteroatoms. The molecule has 0 N–H and O–H groups in total. The normalized spacial score (nSPS) is 11.5. The first-order valence-electron chi connectivity index (χ1n) is 11.0. The van der Waals surface area contributed by atoms with Crippen molar-refractivity contribution < 1.29 is 4.74 Å². The van der Waals surface area contributed by atoms with Crippen LogP contribution >= 0.6 is 23.4 Å². The molecule has 0 fully saturated rings. The van der Waals surface area contributed by atoms with E-state index in [0.29, 0.717) is 11.6 Å². The molecule has 33 heavy (non-hydrogen) atoms. The number of benzene rings is 3. The molecule has 3 aromatic carbocycles. The Bertz CT molecular complexity index is 1210. The molecule has 0 aliphatic carbocycles. The van der Waals surface area contributed by atoms with Gasteiger partial charge in [-0.1, -0.05) is 80.5 Å². The van der Waals surface area contributed by atoms with Crippen LogP contribution in [0.5, 0.6) is 5.75 Å². The van der Waals surface area contributed by atoms with Crippen molar-refractivity contribution in [3.05, 3.63) is 88.9 Å². The van der Waals surface area contributed by atoms with E-state index >= 15 is 0 Å². The van der Waals surface area contributed by atoms with Gasteiger partial charge < -0.3 is 4.74 Å². The first-order valence-corrected chi connectivity index (χ1v) is 12.4. The summed E-state index contributed by atoms with van der Waals surface area (Å²) in [5.74, 6) is 2.35. The van der Waals surface area contributed by atoms with E-state index in [2.05, 4.69) is 59.8 Å². The largest absolute Gasteiger partial charge is 0.494 e. The number of aromatic nitrogens is 3. The van der Waals surface area contributed by atoms with E-state index in [4.69, 9.17) is 16.3 Å². The van der Waals surface area contributed by atoms with Gasteiger partial charge in [-0.3, -0.25) is 4.57 Å². The molecule has 1 aromatic heterocycles. The van der Waals surface area contributed by atoms with Crippen molar-refractivity contribution in [2.24, 2.45) is 0 Å². The number of halogens is 1. The van der Waals surface area contributed by atoms with Gasteiger partial charge in [0, 0.05) is 17.0 Å². The fourth-order valence-corrected chi connectivity index (χ4v) is 4.65. The molecule has 0 saturated carbocycles. The molecule has 4 nitrogen and oxygen atoms in total. The minimum Gasteiger partial charge on any atom is -0.494 e. The summed E-state index contributed by atoms with van der Waals surface area (Å²) in [6.07, 6.45) is 0. The average molecular weight is 478 g/mol. The third kappa shape index (κ3) is 5.43. The second-order valence-corrected chi connectivity index (χ2v) is 10.1. The molecule has 170 valence electrons. The van der Waals surface area contributed by atoms with Gasteiger partial charge in [-0.25, -0.2) is 0 Å². The van der Waals surface area contributed by atoms with Crippen LogP contribution in [0.15, 0.2) is 78.0 Å². The lowest BCUT2D eigenvalue weighted by Crippen LogP contribution is -2.10. The van der Waals surface area contributed by atoms with Gasteiger partial charge in [0.2, 0.25) is 0 Å². The first kappa shape index (κ1) is 23.4. The van der Waals surface area contributed by atoms with Crippen LogP contribution in [0.2, 0.25) is 5.02 Å². The van der Waals surface area contributed by atoms with Crippen LogP contribution < -0.4 is 4.74 Å². The highest BCUT2D eigenvalue weighted by Crippen LogP contribution is 2.33. The highest BCUT2D eigenvalue weighted by molar-refractivity contribution is 7.98. The Hall–Kier alpha value is -2.76. The molecule has 0 unspecified atom stereocenters. The number of thioether (sulfide) groups is 1. The zero-order valence-corrected chi connectivity index (χ0v) is 21.0. The van der Waals surface area contributed by atoms with Crippen LogP contribution in [0.25, 0.3) is 17.1 Å². The van der Waals surface area contributed by atoms with Crippen LogP contribution in [0.3, 0.4) is 0 Å². The van der Waals surface area contributed by atoms with Crippen LogP contribution in [-0.2, 0) is 11.2 Å². The average Bonchev–Trinajstić information content (AvgIpc) is 3.22. The highest BCUT2D eigenvalue weighted by Gasteiger charge is 2.19. The van der Waals surface area contributed by atoms with E-state index in [1.807, 2.05) is 55.5 Å². The standard InChI is InChI=1S/C27H28ClN3OS/c1-5-32-22-16-14-21(15-17-22)31-25(23-8-6-7-9-24(23)28)29-30-26(31)33-18-19-10-12-20(13-11-19)27(2,3)4/h6-17H,5,18H2,1-4H3. The summed E-state index contributed by atoms with van der Waals surface area (Å²) in [6, 6.07) is 24.5. The molecule has 0 amide bonds. The Morgan fingerprint density at radius 3 is 2.24 bits per heavy atom. The lowest BCUT2D eigenvalue weighted by molar-refractivity contribution is 0.340. The predicted molar refractivity (Wildman–Crippen MR) is 138 cm³/mol. The monoisotopic (exact) mass is 477 g/mol. The molecule has 4 aromatic rings. The first-order chi connectivity index (χ1) is 15.9. The van der Waals surface area contributed by atoms with Crippen molar-refractivity contribution in [2.75, 3.05) is 6.61 Å². The summed E-state index contributed by atoms with van der Waals surface area (Å²) in [6.45, 7) is 9.29. The van der Waals surface area contributed by atoms with Crippen molar-refractivity contribution in [1.82, 2.24) is 14.8 Å². The zero-order valence-electron chi connectivity index (χ0n) is 19.4. The van der Waals surface area contributed by atoms with Gasteiger partial charge in [-0.05, 0) is 59.9 Å². The third-order valence-electron chi connectivity index (χ3n) is 5.34. The van der Waals surface area contributed by atoms with Crippen molar-refractivity contribution in [1.29, 1.82) is 0 Å². The van der Waals surface area contributed by atoms with Crippen LogP contribution in [0.4, 0.5) is 0 Å². The maximum Gasteiger partial charge on any atom is 0.196 e. The third-order valence-corrected chi connectivity index (χ3v) is 6.67. The summed E-state index contributed by atoms with van der Waals surface area (Å²) in [7, 11) is 0. The minimum atomic E-state index is 0.142. The molecule has 0 spiro atoms. The quantitative estimate of drug-likeness (QED) is 0.257. The Morgan fingerprint density at radius 2 is 1.61 bits per heavy atom. The topological polar surface area (TPSA) is 39.9 Å². The van der Waals surface area contributed by atoms with Gasteiger partial charge in [0.1, 0.15) is 5.75 Å². The number of hydrogen-bond acceptors (Lipinski definition) is 4. The molecule has 0 bridgehead atoms. The van der Waals surface area contributed by atoms with E-state index < -0.39 is 0 Å². The molecule has 1 heterocycles. The molecule has 0 radical (unpaired) electrons. The molecule has 4 rings (SSSR count). The van der Waals surface area contributed by atoms with E-state index in [1.54, 1.807) is 11.8 Å². The van der Waals surface area contributed by atoms with Crippen LogP contribution in [0, 0.1) is 0 Å². The van der Waals surface area contributed by atoms with E-state index in [-0.39, 0.29) is 5.41 Å². The Kier molecular flexibility index (Phi) is 7.11. The Balaban J connectivity index is 1.67. The van der Waals surface area contributed by atoms with Gasteiger partial charge >= 0.3 is 0 Å². The molecule has 0 atom stereocenters. The molecule has 0 aliphatic rings. The van der Waals surface area contributed by atoms with Gasteiger partial charge in [0.05, 0.1) is 11.6 Å². The Morgan fingerprint density at radius 1 is 0.909 bits per heavy atom. The van der Waals surface area contributed by atoms with Gasteiger partial charge in [-0.15, -0.1) is 10.2 Å². The maximum atomic E-state index is 6.51. The molecular formula is C27H28ClN3OS. The van der Waals surface area contributed by atoms with Gasteiger partial charge in [0.15, 0.2) is 11.0 Å². The fourth-order valence-electron chi connectivity index (χ4n) is 3.52. The van der Waals surface area contributed by atoms with Crippen molar-refractivity contribution >= 4 is 23.4 Å². The van der Waals surface area contributed by atoms with Crippen LogP contribution in [0.1, 0.15) is 38.8 Å². The number of rotatable bonds is 7.